The van der Waals surface area contributed by atoms with Crippen LogP contribution in [0.2, 0.25) is 0 Å². The van der Waals surface area contributed by atoms with Crippen LogP contribution in [0.25, 0.3) is 0 Å². The van der Waals surface area contributed by atoms with Gasteiger partial charge in [0, 0.05) is 7.05 Å². The Morgan fingerprint density at radius 2 is 2.15 bits per heavy atom. The lowest BCUT2D eigenvalue weighted by Crippen LogP contribution is -2.41. The molecule has 1 heterocycles. The van der Waals surface area contributed by atoms with Crippen LogP contribution in [0.15, 0.2) is 8.96 Å². The third kappa shape index (κ3) is 2.22. The maximum atomic E-state index is 10.9. The van der Waals surface area contributed by atoms with Gasteiger partial charge in [-0.2, -0.15) is 0 Å². The SMILES string of the molecule is CNC(=O)N[C@@H]1OC(=O)C(Br)=C1Br. The Kier molecular flexibility index (Phi) is 3.32. The van der Waals surface area contributed by atoms with E-state index >= 15 is 0 Å². The topological polar surface area (TPSA) is 67.4 Å². The number of halogens is 2. The first-order chi connectivity index (χ1) is 6.06. The van der Waals surface area contributed by atoms with Crippen molar-refractivity contribution in [3.63, 3.8) is 0 Å². The Hall–Kier alpha value is -0.560. The number of esters is 1. The van der Waals surface area contributed by atoms with Crippen molar-refractivity contribution in [1.82, 2.24) is 10.6 Å². The van der Waals surface area contributed by atoms with Gasteiger partial charge in [-0.15, -0.1) is 0 Å². The molecule has 0 aromatic rings. The van der Waals surface area contributed by atoms with E-state index in [4.69, 9.17) is 4.74 Å². The van der Waals surface area contributed by atoms with Crippen LogP contribution in [-0.4, -0.2) is 25.3 Å². The molecule has 0 aliphatic carbocycles. The highest BCUT2D eigenvalue weighted by Gasteiger charge is 2.32. The highest BCUT2D eigenvalue weighted by atomic mass is 79.9. The third-order valence-electron chi connectivity index (χ3n) is 1.33. The predicted molar refractivity (Wildman–Crippen MR) is 52.4 cm³/mol. The molecule has 0 fully saturated rings. The summed E-state index contributed by atoms with van der Waals surface area (Å²) in [4.78, 5) is 21.8. The third-order valence-corrected chi connectivity index (χ3v) is 3.43. The number of cyclic esters (lactones) is 1. The molecule has 13 heavy (non-hydrogen) atoms. The fourth-order valence-corrected chi connectivity index (χ4v) is 1.38. The number of amides is 2. The van der Waals surface area contributed by atoms with Gasteiger partial charge >= 0.3 is 12.0 Å². The summed E-state index contributed by atoms with van der Waals surface area (Å²) < 4.78 is 5.54. The van der Waals surface area contributed by atoms with Crippen molar-refractivity contribution in [2.24, 2.45) is 0 Å². The van der Waals surface area contributed by atoms with Crippen molar-refractivity contribution in [2.45, 2.75) is 6.23 Å². The van der Waals surface area contributed by atoms with Crippen LogP contribution in [0.4, 0.5) is 4.79 Å². The first kappa shape index (κ1) is 10.5. The molecule has 0 saturated heterocycles. The van der Waals surface area contributed by atoms with Crippen LogP contribution < -0.4 is 10.6 Å². The fraction of sp³-hybridized carbons (Fsp3) is 0.333. The van der Waals surface area contributed by atoms with E-state index in [0.29, 0.717) is 4.48 Å². The van der Waals surface area contributed by atoms with Gasteiger partial charge in [0.25, 0.3) is 0 Å². The van der Waals surface area contributed by atoms with Crippen molar-refractivity contribution in [2.75, 3.05) is 7.05 Å². The molecule has 5 nitrogen and oxygen atoms in total. The zero-order chi connectivity index (χ0) is 10.0. The van der Waals surface area contributed by atoms with Crippen molar-refractivity contribution in [3.05, 3.63) is 8.96 Å². The molecule has 2 N–H and O–H groups in total. The van der Waals surface area contributed by atoms with Crippen molar-refractivity contribution < 1.29 is 14.3 Å². The van der Waals surface area contributed by atoms with Crippen LogP contribution >= 0.6 is 31.9 Å². The second-order valence-electron chi connectivity index (χ2n) is 2.17. The average Bonchev–Trinajstić information content (AvgIpc) is 2.34. The fourth-order valence-electron chi connectivity index (χ4n) is 0.707. The molecule has 1 rings (SSSR count). The Morgan fingerprint density at radius 1 is 1.54 bits per heavy atom. The number of ether oxygens (including phenoxy) is 1. The van der Waals surface area contributed by atoms with Gasteiger partial charge in [0.2, 0.25) is 6.23 Å². The van der Waals surface area contributed by atoms with Gasteiger partial charge in [0.05, 0.1) is 4.48 Å². The van der Waals surface area contributed by atoms with Crippen LogP contribution in [0.3, 0.4) is 0 Å². The number of urea groups is 1. The zero-order valence-corrected chi connectivity index (χ0v) is 9.73. The number of carbonyl (C=O) groups excluding carboxylic acids is 2. The molecule has 0 spiro atoms. The molecule has 7 heteroatoms. The van der Waals surface area contributed by atoms with E-state index in [1.165, 1.54) is 7.05 Å². The van der Waals surface area contributed by atoms with Crippen molar-refractivity contribution in [1.29, 1.82) is 0 Å². The first-order valence-electron chi connectivity index (χ1n) is 3.30. The second kappa shape index (κ2) is 4.10. The normalized spacial score (nSPS) is 21.5. The molecule has 1 aliphatic rings. The van der Waals surface area contributed by atoms with Gasteiger partial charge in [-0.05, 0) is 31.9 Å². The molecule has 0 bridgehead atoms. The molecule has 0 unspecified atom stereocenters. The van der Waals surface area contributed by atoms with Gasteiger partial charge in [0.1, 0.15) is 4.48 Å². The van der Waals surface area contributed by atoms with E-state index in [0.717, 1.165) is 0 Å². The molecule has 1 aliphatic heterocycles. The highest BCUT2D eigenvalue weighted by Crippen LogP contribution is 2.29. The average molecular weight is 314 g/mol. The van der Waals surface area contributed by atoms with Crippen molar-refractivity contribution in [3.8, 4) is 0 Å². The summed E-state index contributed by atoms with van der Waals surface area (Å²) in [6.45, 7) is 0. The molecule has 1 atom stereocenters. The van der Waals surface area contributed by atoms with Gasteiger partial charge in [-0.3, -0.25) is 5.32 Å². The number of hydrogen-bond acceptors (Lipinski definition) is 3. The lowest BCUT2D eigenvalue weighted by Gasteiger charge is -2.11. The summed E-state index contributed by atoms with van der Waals surface area (Å²) in [5, 5.41) is 4.75. The quantitative estimate of drug-likeness (QED) is 0.704. The standard InChI is InChI=1S/C6H6Br2N2O3/c1-9-6(12)10-4-2(7)3(8)5(11)13-4/h4H,1H3,(H2,9,10,12)/t4-/m1/s1. The van der Waals surface area contributed by atoms with E-state index in [1.54, 1.807) is 0 Å². The summed E-state index contributed by atoms with van der Waals surface area (Å²) in [6, 6.07) is -0.419. The van der Waals surface area contributed by atoms with E-state index in [-0.39, 0.29) is 4.48 Å². The van der Waals surface area contributed by atoms with Gasteiger partial charge in [-0.25, -0.2) is 9.59 Å². The van der Waals surface area contributed by atoms with E-state index in [2.05, 4.69) is 42.5 Å². The molecule has 72 valence electrons. The lowest BCUT2D eigenvalue weighted by molar-refractivity contribution is -0.139. The zero-order valence-electron chi connectivity index (χ0n) is 6.56. The highest BCUT2D eigenvalue weighted by molar-refractivity contribution is 9.14. The van der Waals surface area contributed by atoms with Gasteiger partial charge in [-0.1, -0.05) is 0 Å². The minimum absolute atomic E-state index is 0.286. The Bertz CT molecular complexity index is 290. The smallest absolute Gasteiger partial charge is 0.348 e. The summed E-state index contributed by atoms with van der Waals surface area (Å²) in [7, 11) is 1.47. The Balaban J connectivity index is 2.66. The number of carbonyl (C=O) groups is 2. The minimum atomic E-state index is -0.748. The Labute approximate surface area is 91.1 Å². The largest absolute Gasteiger partial charge is 0.433 e. The molecular weight excluding hydrogens is 308 g/mol. The minimum Gasteiger partial charge on any atom is -0.433 e. The number of nitrogens with one attached hydrogen (secondary N) is 2. The summed E-state index contributed by atoms with van der Waals surface area (Å²) in [5.74, 6) is -0.506. The van der Waals surface area contributed by atoms with E-state index in [1.807, 2.05) is 0 Å². The van der Waals surface area contributed by atoms with Gasteiger partial charge < -0.3 is 10.1 Å². The van der Waals surface area contributed by atoms with Crippen LogP contribution in [-0.2, 0) is 9.53 Å². The molecular formula is C6H6Br2N2O3. The molecule has 0 aromatic heterocycles. The van der Waals surface area contributed by atoms with E-state index in [9.17, 15) is 9.59 Å². The molecule has 0 saturated carbocycles. The van der Waals surface area contributed by atoms with Crippen LogP contribution in [0.5, 0.6) is 0 Å². The molecule has 0 aromatic carbocycles. The number of rotatable bonds is 1. The maximum absolute atomic E-state index is 10.9. The molecule has 2 amide bonds. The summed E-state index contributed by atoms with van der Waals surface area (Å²) in [6.07, 6.45) is -0.748. The van der Waals surface area contributed by atoms with Crippen molar-refractivity contribution >= 4 is 43.9 Å². The maximum Gasteiger partial charge on any atom is 0.348 e. The first-order valence-corrected chi connectivity index (χ1v) is 4.89. The van der Waals surface area contributed by atoms with Crippen LogP contribution in [0, 0.1) is 0 Å². The lowest BCUT2D eigenvalue weighted by atomic mass is 10.5. The Morgan fingerprint density at radius 3 is 2.54 bits per heavy atom. The van der Waals surface area contributed by atoms with Crippen LogP contribution in [0.1, 0.15) is 0 Å². The number of hydrogen-bond donors (Lipinski definition) is 2. The molecule has 0 radical (unpaired) electrons. The second-order valence-corrected chi connectivity index (χ2v) is 3.82. The summed E-state index contributed by atoms with van der Waals surface area (Å²) in [5.41, 5.74) is 0. The monoisotopic (exact) mass is 312 g/mol. The summed E-state index contributed by atoms with van der Waals surface area (Å²) >= 11 is 6.12. The van der Waals surface area contributed by atoms with E-state index < -0.39 is 18.2 Å². The van der Waals surface area contributed by atoms with Gasteiger partial charge in [0.15, 0.2) is 0 Å². The predicted octanol–water partition coefficient (Wildman–Crippen LogP) is 0.800.